The number of halogens is 1. The molecule has 5 aromatic rings. The van der Waals surface area contributed by atoms with Gasteiger partial charge in [-0.15, -0.1) is 0 Å². The minimum absolute atomic E-state index is 0.0296. The molecule has 0 bridgehead atoms. The summed E-state index contributed by atoms with van der Waals surface area (Å²) in [5, 5.41) is 20.2. The number of nitrogens with zero attached hydrogens (tertiary/aromatic N) is 3. The quantitative estimate of drug-likeness (QED) is 0.210. The molecule has 2 N–H and O–H groups in total. The van der Waals surface area contributed by atoms with Crippen LogP contribution in [0.1, 0.15) is 38.5 Å². The molecule has 0 saturated carbocycles. The van der Waals surface area contributed by atoms with Crippen molar-refractivity contribution in [2.24, 2.45) is 0 Å². The van der Waals surface area contributed by atoms with Gasteiger partial charge >= 0.3 is 12.2 Å². The van der Waals surface area contributed by atoms with Gasteiger partial charge in [0.05, 0.1) is 12.1 Å². The fraction of sp³-hybridized carbons (Fsp3) is 0.194. The van der Waals surface area contributed by atoms with E-state index >= 15 is 4.39 Å². The highest BCUT2D eigenvalue weighted by Crippen LogP contribution is 2.46. The Morgan fingerprint density at radius 2 is 1.44 bits per heavy atom. The lowest BCUT2D eigenvalue weighted by Crippen LogP contribution is -2.58. The second-order valence-electron chi connectivity index (χ2n) is 11.6. The second kappa shape index (κ2) is 11.2. The van der Waals surface area contributed by atoms with E-state index in [-0.39, 0.29) is 31.1 Å². The zero-order valence-corrected chi connectivity index (χ0v) is 24.3. The van der Waals surface area contributed by atoms with Crippen molar-refractivity contribution in [3.8, 4) is 11.1 Å². The minimum atomic E-state index is -1.29. The Morgan fingerprint density at radius 1 is 0.800 bits per heavy atom. The minimum Gasteiger partial charge on any atom is -0.465 e. The Balaban J connectivity index is 1.39. The Morgan fingerprint density at radius 3 is 2.09 bits per heavy atom. The number of carbonyl (C=O) groups excluding carboxylic acids is 1. The van der Waals surface area contributed by atoms with E-state index in [0.717, 1.165) is 37.6 Å². The fourth-order valence-corrected chi connectivity index (χ4v) is 7.01. The van der Waals surface area contributed by atoms with Crippen LogP contribution in [-0.2, 0) is 13.0 Å². The normalized spacial score (nSPS) is 16.1. The van der Waals surface area contributed by atoms with E-state index < -0.39 is 29.8 Å². The van der Waals surface area contributed by atoms with Gasteiger partial charge in [0, 0.05) is 42.7 Å². The largest absolute Gasteiger partial charge is 0.465 e. The van der Waals surface area contributed by atoms with Crippen LogP contribution in [-0.4, -0.2) is 68.2 Å². The van der Waals surface area contributed by atoms with Crippen LogP contribution < -0.4 is 0 Å². The van der Waals surface area contributed by atoms with Gasteiger partial charge in [0.1, 0.15) is 11.9 Å². The number of benzene rings is 4. The molecule has 1 saturated heterocycles. The predicted octanol–water partition coefficient (Wildman–Crippen LogP) is 6.71. The summed E-state index contributed by atoms with van der Waals surface area (Å²) in [4.78, 5) is 40.5. The standard InChI is InChI=1S/C36H30FN3O5/c37-24-17-23(16-22-8-2-1-3-9-22)33-30(34(41)32-21-38(35(42)43)14-15-40(32)36(44)45)20-39(31(33)18-24)19-29-27-12-6-4-10-25(27)26-11-5-7-13-28(26)29/h1-13,17-18,20,29,32H,14-16,19,21H2,(H,42,43)(H,44,45)/t32-/m0/s1. The highest BCUT2D eigenvalue weighted by atomic mass is 19.1. The molecule has 226 valence electrons. The van der Waals surface area contributed by atoms with Gasteiger partial charge in [-0.1, -0.05) is 78.9 Å². The molecule has 2 heterocycles. The first-order valence-corrected chi connectivity index (χ1v) is 14.8. The highest BCUT2D eigenvalue weighted by Gasteiger charge is 2.39. The first kappa shape index (κ1) is 28.3. The van der Waals surface area contributed by atoms with Gasteiger partial charge in [0.25, 0.3) is 0 Å². The highest BCUT2D eigenvalue weighted by molar-refractivity contribution is 6.12. The topological polar surface area (TPSA) is 103 Å². The van der Waals surface area contributed by atoms with Crippen LogP contribution in [0.5, 0.6) is 0 Å². The number of carboxylic acid groups (broad SMARTS) is 2. The first-order chi connectivity index (χ1) is 21.8. The average Bonchev–Trinajstić information content (AvgIpc) is 3.57. The van der Waals surface area contributed by atoms with Gasteiger partial charge in [-0.05, 0) is 51.9 Å². The van der Waals surface area contributed by atoms with E-state index in [9.17, 15) is 24.6 Å². The summed E-state index contributed by atoms with van der Waals surface area (Å²) >= 11 is 0. The van der Waals surface area contributed by atoms with Crippen molar-refractivity contribution >= 4 is 28.9 Å². The maximum absolute atomic E-state index is 15.4. The Labute approximate surface area is 258 Å². The molecule has 1 aliphatic heterocycles. The van der Waals surface area contributed by atoms with Crippen LogP contribution in [0.15, 0.2) is 97.2 Å². The maximum atomic E-state index is 15.4. The zero-order valence-electron chi connectivity index (χ0n) is 24.3. The van der Waals surface area contributed by atoms with Crippen LogP contribution >= 0.6 is 0 Å². The van der Waals surface area contributed by atoms with Crippen LogP contribution in [0.4, 0.5) is 14.0 Å². The second-order valence-corrected chi connectivity index (χ2v) is 11.6. The molecule has 8 nitrogen and oxygen atoms in total. The third-order valence-electron chi connectivity index (χ3n) is 9.07. The third kappa shape index (κ3) is 5.00. The molecule has 1 aliphatic carbocycles. The number of fused-ring (bicyclic) bond motifs is 4. The van der Waals surface area contributed by atoms with E-state index in [1.54, 1.807) is 6.20 Å². The molecule has 1 aromatic heterocycles. The molecule has 7 rings (SSSR count). The zero-order chi connectivity index (χ0) is 31.2. The average molecular weight is 604 g/mol. The van der Waals surface area contributed by atoms with Crippen LogP contribution in [0, 0.1) is 5.82 Å². The number of amides is 2. The van der Waals surface area contributed by atoms with Crippen molar-refractivity contribution < 1.29 is 29.0 Å². The van der Waals surface area contributed by atoms with Crippen molar-refractivity contribution in [2.45, 2.75) is 24.9 Å². The molecule has 2 aliphatic rings. The van der Waals surface area contributed by atoms with Crippen molar-refractivity contribution in [1.82, 2.24) is 14.4 Å². The number of piperazine rings is 1. The maximum Gasteiger partial charge on any atom is 0.408 e. The summed E-state index contributed by atoms with van der Waals surface area (Å²) in [6, 6.07) is 27.5. The molecule has 2 amide bonds. The van der Waals surface area contributed by atoms with E-state index in [0.29, 0.717) is 29.4 Å². The Kier molecular flexibility index (Phi) is 7.08. The van der Waals surface area contributed by atoms with Crippen molar-refractivity contribution in [2.75, 3.05) is 19.6 Å². The summed E-state index contributed by atoms with van der Waals surface area (Å²) in [7, 11) is 0. The third-order valence-corrected chi connectivity index (χ3v) is 9.07. The van der Waals surface area contributed by atoms with Crippen LogP contribution in [0.2, 0.25) is 0 Å². The smallest absolute Gasteiger partial charge is 0.408 e. The lowest BCUT2D eigenvalue weighted by Gasteiger charge is -2.37. The lowest BCUT2D eigenvalue weighted by atomic mass is 9.94. The van der Waals surface area contributed by atoms with E-state index in [4.69, 9.17) is 0 Å². The van der Waals surface area contributed by atoms with Gasteiger partial charge < -0.3 is 19.7 Å². The van der Waals surface area contributed by atoms with E-state index in [2.05, 4.69) is 24.3 Å². The number of hydrogen-bond acceptors (Lipinski definition) is 3. The molecular formula is C36H30FN3O5. The number of ketones is 1. The summed E-state index contributed by atoms with van der Waals surface area (Å²) in [5.74, 6) is -1.02. The molecule has 45 heavy (non-hydrogen) atoms. The van der Waals surface area contributed by atoms with E-state index in [1.807, 2.05) is 59.2 Å². The van der Waals surface area contributed by atoms with Gasteiger partial charge in [-0.25, -0.2) is 14.0 Å². The molecule has 1 atom stereocenters. The fourth-order valence-electron chi connectivity index (χ4n) is 7.01. The van der Waals surface area contributed by atoms with E-state index in [1.165, 1.54) is 12.1 Å². The van der Waals surface area contributed by atoms with Crippen LogP contribution in [0.25, 0.3) is 22.0 Å². The number of Topliss-reactive ketones (excluding diaryl/α,β-unsaturated/α-hetero) is 1. The number of rotatable bonds is 6. The molecule has 0 spiro atoms. The number of aromatic nitrogens is 1. The number of hydrogen-bond donors (Lipinski definition) is 2. The van der Waals surface area contributed by atoms with Gasteiger partial charge in [0.2, 0.25) is 0 Å². The molecule has 0 radical (unpaired) electrons. The van der Waals surface area contributed by atoms with Gasteiger partial charge in [-0.3, -0.25) is 9.69 Å². The van der Waals surface area contributed by atoms with Crippen molar-refractivity contribution in [1.29, 1.82) is 0 Å². The van der Waals surface area contributed by atoms with Crippen molar-refractivity contribution in [3.63, 3.8) is 0 Å². The Bertz CT molecular complexity index is 1930. The SMILES string of the molecule is O=C(c1cn(CC2c3ccccc3-c3ccccc32)c2cc(F)cc(Cc3ccccc3)c12)[C@@H]1CN(C(=O)O)CCN1C(=O)O. The molecular weight excluding hydrogens is 573 g/mol. The monoisotopic (exact) mass is 603 g/mol. The molecule has 0 unspecified atom stereocenters. The van der Waals surface area contributed by atoms with Crippen molar-refractivity contribution in [3.05, 3.63) is 131 Å². The summed E-state index contributed by atoms with van der Waals surface area (Å²) in [6.07, 6.45) is -0.463. The van der Waals surface area contributed by atoms with Crippen LogP contribution in [0.3, 0.4) is 0 Å². The summed E-state index contributed by atoms with van der Waals surface area (Å²) < 4.78 is 17.3. The summed E-state index contributed by atoms with van der Waals surface area (Å²) in [5.41, 5.74) is 6.84. The molecule has 1 fully saturated rings. The van der Waals surface area contributed by atoms with Gasteiger partial charge in [0.15, 0.2) is 5.78 Å². The summed E-state index contributed by atoms with van der Waals surface area (Å²) in [6.45, 7) is -0.0255. The Hall–Kier alpha value is -5.44. The van der Waals surface area contributed by atoms with Gasteiger partial charge in [-0.2, -0.15) is 0 Å². The molecule has 9 heteroatoms. The number of carbonyl (C=O) groups is 3. The lowest BCUT2D eigenvalue weighted by molar-refractivity contribution is 0.0526. The molecule has 4 aromatic carbocycles. The first-order valence-electron chi connectivity index (χ1n) is 14.8. The predicted molar refractivity (Wildman–Crippen MR) is 167 cm³/mol.